The van der Waals surface area contributed by atoms with Crippen LogP contribution in [0.5, 0.6) is 5.75 Å². The summed E-state index contributed by atoms with van der Waals surface area (Å²) >= 11 is 0. The number of esters is 1. The quantitative estimate of drug-likeness (QED) is 0.544. The Hall–Kier alpha value is -2.62. The summed E-state index contributed by atoms with van der Waals surface area (Å²) in [7, 11) is 3.03. The van der Waals surface area contributed by atoms with E-state index in [0.717, 1.165) is 48.1 Å². The predicted octanol–water partition coefficient (Wildman–Crippen LogP) is 5.93. The minimum atomic E-state index is -0.185. The zero-order chi connectivity index (χ0) is 20.6. The Balaban J connectivity index is 1.55. The van der Waals surface area contributed by atoms with Crippen LogP contribution in [0.4, 0.5) is 4.39 Å². The second kappa shape index (κ2) is 10.2. The van der Waals surface area contributed by atoms with Crippen LogP contribution in [0.1, 0.15) is 54.7 Å². The molecule has 1 aliphatic rings. The molecule has 1 aliphatic carbocycles. The normalized spacial score (nSPS) is 19.3. The maximum Gasteiger partial charge on any atom is 0.305 e. The number of ether oxygens (including phenoxy) is 2. The summed E-state index contributed by atoms with van der Waals surface area (Å²) in [5, 5.41) is 0. The van der Waals surface area contributed by atoms with E-state index in [2.05, 4.69) is 24.3 Å². The summed E-state index contributed by atoms with van der Waals surface area (Å²) in [5.41, 5.74) is 3.06. The lowest BCUT2D eigenvalue weighted by Gasteiger charge is -2.27. The number of allylic oxidation sites excluding steroid dienone is 1. The summed E-state index contributed by atoms with van der Waals surface area (Å²) < 4.78 is 24.2. The summed E-state index contributed by atoms with van der Waals surface area (Å²) in [6, 6.07) is 13.3. The summed E-state index contributed by atoms with van der Waals surface area (Å²) in [6.07, 6.45) is 9.60. The molecule has 0 aromatic heterocycles. The lowest BCUT2D eigenvalue weighted by Crippen LogP contribution is -2.13. The van der Waals surface area contributed by atoms with Crippen molar-refractivity contribution in [2.45, 2.75) is 44.4 Å². The first-order chi connectivity index (χ1) is 14.1. The van der Waals surface area contributed by atoms with Gasteiger partial charge in [0.2, 0.25) is 0 Å². The number of rotatable bonds is 7. The van der Waals surface area contributed by atoms with Gasteiger partial charge < -0.3 is 9.47 Å². The summed E-state index contributed by atoms with van der Waals surface area (Å²) in [6.45, 7) is 0. The molecule has 1 saturated carbocycles. The Kier molecular flexibility index (Phi) is 7.45. The van der Waals surface area contributed by atoms with Crippen LogP contribution in [0.25, 0.3) is 6.08 Å². The van der Waals surface area contributed by atoms with E-state index < -0.39 is 0 Å². The van der Waals surface area contributed by atoms with E-state index in [1.54, 1.807) is 13.2 Å². The van der Waals surface area contributed by atoms with Gasteiger partial charge in [0, 0.05) is 6.42 Å². The number of aryl methyl sites for hydroxylation is 1. The van der Waals surface area contributed by atoms with Gasteiger partial charge in [-0.3, -0.25) is 4.79 Å². The van der Waals surface area contributed by atoms with E-state index >= 15 is 0 Å². The van der Waals surface area contributed by atoms with Crippen LogP contribution in [-0.2, 0) is 16.0 Å². The average molecular weight is 397 g/mol. The first-order valence-electron chi connectivity index (χ1n) is 10.3. The van der Waals surface area contributed by atoms with Gasteiger partial charge in [0.05, 0.1) is 14.2 Å². The molecule has 3 nitrogen and oxygen atoms in total. The molecule has 2 aromatic carbocycles. The molecule has 154 valence electrons. The van der Waals surface area contributed by atoms with Gasteiger partial charge in [0.25, 0.3) is 0 Å². The van der Waals surface area contributed by atoms with Crippen molar-refractivity contribution in [2.75, 3.05) is 14.2 Å². The highest BCUT2D eigenvalue weighted by atomic mass is 19.1. The zero-order valence-electron chi connectivity index (χ0n) is 17.2. The smallest absolute Gasteiger partial charge is 0.305 e. The third-order valence-electron chi connectivity index (χ3n) is 5.77. The summed E-state index contributed by atoms with van der Waals surface area (Å²) in [4.78, 5) is 11.3. The number of methoxy groups -OCH3 is 2. The van der Waals surface area contributed by atoms with Crippen LogP contribution >= 0.6 is 0 Å². The average Bonchev–Trinajstić information content (AvgIpc) is 2.77. The number of hydrogen-bond donors (Lipinski definition) is 0. The van der Waals surface area contributed by atoms with Crippen LogP contribution in [0.2, 0.25) is 0 Å². The van der Waals surface area contributed by atoms with E-state index in [1.807, 2.05) is 18.2 Å². The first-order valence-corrected chi connectivity index (χ1v) is 10.3. The molecular weight excluding hydrogens is 367 g/mol. The van der Waals surface area contributed by atoms with E-state index in [9.17, 15) is 9.18 Å². The topological polar surface area (TPSA) is 35.5 Å². The molecule has 0 radical (unpaired) electrons. The SMILES string of the molecule is COC(=O)CCc1cccc(/C=C/[C@H]2CC[C@H](c3cc(OC)ccc3F)CC2)c1. The van der Waals surface area contributed by atoms with Crippen LogP contribution in [0.15, 0.2) is 48.5 Å². The molecule has 0 amide bonds. The molecule has 0 aliphatic heterocycles. The fourth-order valence-electron chi connectivity index (χ4n) is 4.03. The molecule has 0 atom stereocenters. The molecule has 3 rings (SSSR count). The Morgan fingerprint density at radius 1 is 1.10 bits per heavy atom. The van der Waals surface area contributed by atoms with Crippen molar-refractivity contribution in [1.82, 2.24) is 0 Å². The molecule has 29 heavy (non-hydrogen) atoms. The van der Waals surface area contributed by atoms with Crippen molar-refractivity contribution in [1.29, 1.82) is 0 Å². The molecule has 0 spiro atoms. The minimum Gasteiger partial charge on any atom is -0.497 e. The van der Waals surface area contributed by atoms with E-state index in [1.165, 1.54) is 13.2 Å². The number of hydrogen-bond acceptors (Lipinski definition) is 3. The van der Waals surface area contributed by atoms with Gasteiger partial charge in [0.15, 0.2) is 0 Å². The van der Waals surface area contributed by atoms with Crippen LogP contribution < -0.4 is 4.74 Å². The van der Waals surface area contributed by atoms with Crippen LogP contribution in [0, 0.1) is 11.7 Å². The van der Waals surface area contributed by atoms with Crippen molar-refractivity contribution in [2.24, 2.45) is 5.92 Å². The monoisotopic (exact) mass is 396 g/mol. The lowest BCUT2D eigenvalue weighted by atomic mass is 9.78. The number of carbonyl (C=O) groups is 1. The third kappa shape index (κ3) is 5.93. The fraction of sp³-hybridized carbons (Fsp3) is 0.400. The maximum atomic E-state index is 14.2. The van der Waals surface area contributed by atoms with Crippen LogP contribution in [-0.4, -0.2) is 20.2 Å². The molecule has 0 unspecified atom stereocenters. The van der Waals surface area contributed by atoms with Crippen molar-refractivity contribution in [3.8, 4) is 5.75 Å². The van der Waals surface area contributed by atoms with E-state index in [0.29, 0.717) is 18.8 Å². The Bertz CT molecular complexity index is 851. The highest BCUT2D eigenvalue weighted by Gasteiger charge is 2.23. The van der Waals surface area contributed by atoms with Gasteiger partial charge in [-0.05, 0) is 78.8 Å². The maximum absolute atomic E-state index is 14.2. The highest BCUT2D eigenvalue weighted by Crippen LogP contribution is 2.38. The summed E-state index contributed by atoms with van der Waals surface area (Å²) in [5.74, 6) is 1.18. The molecule has 2 aromatic rings. The van der Waals surface area contributed by atoms with Gasteiger partial charge in [-0.25, -0.2) is 4.39 Å². The first kappa shape index (κ1) is 21.1. The molecular formula is C25H29FO3. The predicted molar refractivity (Wildman–Crippen MR) is 113 cm³/mol. The van der Waals surface area contributed by atoms with E-state index in [4.69, 9.17) is 9.47 Å². The Labute approximate surface area is 172 Å². The standard InChI is InChI=1S/C25H29FO3/c1-28-22-13-14-24(26)23(17-22)21-11-8-18(9-12-21)6-7-19-4-3-5-20(16-19)10-15-25(27)29-2/h3-7,13-14,16-18,21H,8-12,15H2,1-2H3/b7-6+/t18-,21-. The molecule has 0 N–H and O–H groups in total. The fourth-order valence-corrected chi connectivity index (χ4v) is 4.03. The van der Waals surface area contributed by atoms with Crippen molar-refractivity contribution >= 4 is 12.0 Å². The lowest BCUT2D eigenvalue weighted by molar-refractivity contribution is -0.140. The molecule has 4 heteroatoms. The number of benzene rings is 2. The molecule has 0 heterocycles. The second-order valence-corrected chi connectivity index (χ2v) is 7.68. The number of carbonyl (C=O) groups excluding carboxylic acids is 1. The van der Waals surface area contributed by atoms with Crippen molar-refractivity contribution < 1.29 is 18.7 Å². The van der Waals surface area contributed by atoms with Gasteiger partial charge in [0.1, 0.15) is 11.6 Å². The van der Waals surface area contributed by atoms with Gasteiger partial charge >= 0.3 is 5.97 Å². The highest BCUT2D eigenvalue weighted by molar-refractivity contribution is 5.69. The second-order valence-electron chi connectivity index (χ2n) is 7.68. The zero-order valence-corrected chi connectivity index (χ0v) is 17.2. The Morgan fingerprint density at radius 3 is 2.62 bits per heavy atom. The molecule has 1 fully saturated rings. The van der Waals surface area contributed by atoms with Gasteiger partial charge in [-0.1, -0.05) is 36.4 Å². The minimum absolute atomic E-state index is 0.131. The van der Waals surface area contributed by atoms with Crippen LogP contribution in [0.3, 0.4) is 0 Å². The Morgan fingerprint density at radius 2 is 1.90 bits per heavy atom. The number of halogens is 1. The molecule has 0 bridgehead atoms. The van der Waals surface area contributed by atoms with Crippen molar-refractivity contribution in [3.05, 3.63) is 71.0 Å². The van der Waals surface area contributed by atoms with Gasteiger partial charge in [-0.15, -0.1) is 0 Å². The third-order valence-corrected chi connectivity index (χ3v) is 5.77. The molecule has 0 saturated heterocycles. The largest absolute Gasteiger partial charge is 0.497 e. The van der Waals surface area contributed by atoms with Gasteiger partial charge in [-0.2, -0.15) is 0 Å². The van der Waals surface area contributed by atoms with Crippen molar-refractivity contribution in [3.63, 3.8) is 0 Å². The van der Waals surface area contributed by atoms with E-state index in [-0.39, 0.29) is 17.7 Å².